The van der Waals surface area contributed by atoms with Gasteiger partial charge in [-0.3, -0.25) is 9.69 Å². The molecule has 5 nitrogen and oxygen atoms in total. The SMILES string of the molecule is CC.CC.COc1ccc2c(c1)CCc1nc(N(C)C(=O)Cc3c(C)c(F)c(F)c(F)c3F)c(CC3CCCCC3)nc1-2. The van der Waals surface area contributed by atoms with E-state index in [9.17, 15) is 22.4 Å². The zero-order chi connectivity index (χ0) is 31.8. The van der Waals surface area contributed by atoms with Crippen LogP contribution in [0, 0.1) is 36.1 Å². The number of anilines is 1. The van der Waals surface area contributed by atoms with E-state index in [0.29, 0.717) is 30.3 Å². The third kappa shape index (κ3) is 7.19. The van der Waals surface area contributed by atoms with Crippen LogP contribution in [0.15, 0.2) is 18.2 Å². The molecule has 1 heterocycles. The van der Waals surface area contributed by atoms with Crippen LogP contribution >= 0.6 is 0 Å². The molecule has 234 valence electrons. The van der Waals surface area contributed by atoms with E-state index in [2.05, 4.69) is 0 Å². The number of aromatic nitrogens is 2. The second kappa shape index (κ2) is 15.3. The maximum absolute atomic E-state index is 14.5. The molecule has 0 N–H and O–H groups in total. The minimum absolute atomic E-state index is 0.363. The number of aryl methyl sites for hydroxylation is 2. The Morgan fingerprint density at radius 3 is 2.23 bits per heavy atom. The molecule has 0 radical (unpaired) electrons. The summed E-state index contributed by atoms with van der Waals surface area (Å²) in [6, 6.07) is 5.86. The molecule has 0 atom stereocenters. The number of rotatable bonds is 6. The van der Waals surface area contributed by atoms with E-state index in [1.807, 2.05) is 45.9 Å². The second-order valence-electron chi connectivity index (χ2n) is 10.5. The van der Waals surface area contributed by atoms with E-state index in [1.54, 1.807) is 7.11 Å². The fourth-order valence-electron chi connectivity index (χ4n) is 5.73. The average molecular weight is 602 g/mol. The summed E-state index contributed by atoms with van der Waals surface area (Å²) in [5.41, 5.74) is 3.34. The van der Waals surface area contributed by atoms with Gasteiger partial charge in [-0.1, -0.05) is 59.8 Å². The van der Waals surface area contributed by atoms with Gasteiger partial charge in [0.15, 0.2) is 29.1 Å². The summed E-state index contributed by atoms with van der Waals surface area (Å²) in [6.07, 6.45) is 6.91. The molecule has 1 aromatic heterocycles. The number of halogens is 4. The van der Waals surface area contributed by atoms with E-state index >= 15 is 0 Å². The molecule has 0 saturated heterocycles. The lowest BCUT2D eigenvalue weighted by atomic mass is 9.85. The smallest absolute Gasteiger partial charge is 0.232 e. The van der Waals surface area contributed by atoms with Crippen molar-refractivity contribution in [3.05, 3.63) is 69.5 Å². The number of likely N-dealkylation sites (N-methyl/N-ethyl adjacent to an activating group) is 1. The topological polar surface area (TPSA) is 55.3 Å². The van der Waals surface area contributed by atoms with Crippen molar-refractivity contribution >= 4 is 11.7 Å². The van der Waals surface area contributed by atoms with Crippen molar-refractivity contribution in [2.75, 3.05) is 19.1 Å². The van der Waals surface area contributed by atoms with E-state index in [4.69, 9.17) is 14.7 Å². The maximum atomic E-state index is 14.5. The Bertz CT molecular complexity index is 1410. The monoisotopic (exact) mass is 601 g/mol. The van der Waals surface area contributed by atoms with Crippen molar-refractivity contribution in [3.8, 4) is 17.0 Å². The van der Waals surface area contributed by atoms with Gasteiger partial charge >= 0.3 is 0 Å². The van der Waals surface area contributed by atoms with Gasteiger partial charge in [0.1, 0.15) is 5.75 Å². The molecule has 2 aliphatic carbocycles. The van der Waals surface area contributed by atoms with Gasteiger partial charge in [0.25, 0.3) is 0 Å². The largest absolute Gasteiger partial charge is 0.497 e. The quantitative estimate of drug-likeness (QED) is 0.162. The van der Waals surface area contributed by atoms with Crippen LogP contribution in [0.3, 0.4) is 0 Å². The van der Waals surface area contributed by atoms with Crippen molar-refractivity contribution in [3.63, 3.8) is 0 Å². The Kier molecular flexibility index (Phi) is 12.1. The highest BCUT2D eigenvalue weighted by atomic mass is 19.2. The first-order chi connectivity index (χ1) is 20.7. The van der Waals surface area contributed by atoms with E-state index in [1.165, 1.54) is 18.4 Å². The van der Waals surface area contributed by atoms with Gasteiger partial charge in [0.05, 0.1) is 30.6 Å². The first kappa shape index (κ1) is 34.0. The number of nitrogens with zero attached hydrogens (tertiary/aromatic N) is 3. The molecule has 3 aromatic rings. The van der Waals surface area contributed by atoms with Crippen LogP contribution < -0.4 is 9.64 Å². The third-order valence-corrected chi connectivity index (χ3v) is 8.07. The average Bonchev–Trinajstić information content (AvgIpc) is 3.06. The number of hydrogen-bond acceptors (Lipinski definition) is 4. The lowest BCUT2D eigenvalue weighted by Gasteiger charge is -2.27. The van der Waals surface area contributed by atoms with Gasteiger partial charge in [-0.05, 0) is 61.4 Å². The van der Waals surface area contributed by atoms with Crippen molar-refractivity contribution in [1.82, 2.24) is 9.97 Å². The van der Waals surface area contributed by atoms with Crippen LogP contribution in [0.2, 0.25) is 0 Å². The third-order valence-electron chi connectivity index (χ3n) is 8.07. The van der Waals surface area contributed by atoms with Crippen LogP contribution in [0.25, 0.3) is 11.3 Å². The predicted octanol–water partition coefficient (Wildman–Crippen LogP) is 8.50. The number of benzene rings is 2. The van der Waals surface area contributed by atoms with Crippen molar-refractivity contribution in [2.45, 2.75) is 92.4 Å². The summed E-state index contributed by atoms with van der Waals surface area (Å²) < 4.78 is 61.7. The first-order valence-corrected chi connectivity index (χ1v) is 15.3. The Hall–Kier alpha value is -3.49. The van der Waals surface area contributed by atoms with Gasteiger partial charge in [0, 0.05) is 18.2 Å². The highest BCUT2D eigenvalue weighted by Crippen LogP contribution is 2.37. The van der Waals surface area contributed by atoms with Crippen LogP contribution in [0.1, 0.15) is 87.9 Å². The van der Waals surface area contributed by atoms with Gasteiger partial charge in [-0.15, -0.1) is 0 Å². The molecule has 9 heteroatoms. The van der Waals surface area contributed by atoms with Crippen LogP contribution in [-0.2, 0) is 30.5 Å². The predicted molar refractivity (Wildman–Crippen MR) is 163 cm³/mol. The molecule has 2 aliphatic rings. The van der Waals surface area contributed by atoms with Gasteiger partial charge in [-0.25, -0.2) is 27.5 Å². The fourth-order valence-corrected chi connectivity index (χ4v) is 5.73. The summed E-state index contributed by atoms with van der Waals surface area (Å²) in [4.78, 5) is 24.6. The molecule has 0 aliphatic heterocycles. The van der Waals surface area contributed by atoms with Crippen LogP contribution in [0.5, 0.6) is 5.75 Å². The molecule has 43 heavy (non-hydrogen) atoms. The van der Waals surface area contributed by atoms with E-state index in [0.717, 1.165) is 67.3 Å². The molecule has 5 rings (SSSR count). The molecule has 0 unspecified atom stereocenters. The number of carbonyl (C=O) groups excluding carboxylic acids is 1. The number of hydrogen-bond donors (Lipinski definition) is 0. The molecular weight excluding hydrogens is 558 g/mol. The lowest BCUT2D eigenvalue weighted by Crippen LogP contribution is -2.32. The summed E-state index contributed by atoms with van der Waals surface area (Å²) >= 11 is 0. The molecular formula is C34H43F4N3O2. The Labute approximate surface area is 252 Å². The van der Waals surface area contributed by atoms with Crippen molar-refractivity contribution < 1.29 is 27.1 Å². The number of fused-ring (bicyclic) bond motifs is 3. The van der Waals surface area contributed by atoms with Crippen molar-refractivity contribution in [1.29, 1.82) is 0 Å². The normalized spacial score (nSPS) is 13.9. The number of ether oxygens (including phenoxy) is 1. The molecule has 0 bridgehead atoms. The molecule has 1 saturated carbocycles. The minimum atomic E-state index is -1.93. The second-order valence-corrected chi connectivity index (χ2v) is 10.5. The van der Waals surface area contributed by atoms with Gasteiger partial charge in [0.2, 0.25) is 5.91 Å². The highest BCUT2D eigenvalue weighted by molar-refractivity contribution is 5.94. The highest BCUT2D eigenvalue weighted by Gasteiger charge is 2.29. The summed E-state index contributed by atoms with van der Waals surface area (Å²) in [7, 11) is 3.13. The Morgan fingerprint density at radius 1 is 0.930 bits per heavy atom. The maximum Gasteiger partial charge on any atom is 0.232 e. The van der Waals surface area contributed by atoms with Crippen LogP contribution in [-0.4, -0.2) is 30.0 Å². The minimum Gasteiger partial charge on any atom is -0.497 e. The van der Waals surface area contributed by atoms with Crippen molar-refractivity contribution in [2.24, 2.45) is 5.92 Å². The Morgan fingerprint density at radius 2 is 1.58 bits per heavy atom. The molecule has 0 spiro atoms. The van der Waals surface area contributed by atoms with Crippen LogP contribution in [0.4, 0.5) is 23.4 Å². The van der Waals surface area contributed by atoms with E-state index < -0.39 is 46.7 Å². The zero-order valence-corrected chi connectivity index (χ0v) is 26.3. The number of methoxy groups -OCH3 is 1. The summed E-state index contributed by atoms with van der Waals surface area (Å²) in [5, 5.41) is 0. The van der Waals surface area contributed by atoms with E-state index in [-0.39, 0.29) is 0 Å². The van der Waals surface area contributed by atoms with Gasteiger partial charge in [-0.2, -0.15) is 0 Å². The summed E-state index contributed by atoms with van der Waals surface area (Å²) in [6.45, 7) is 9.13. The fraction of sp³-hybridized carbons (Fsp3) is 0.500. The van der Waals surface area contributed by atoms with Gasteiger partial charge < -0.3 is 4.74 Å². The Balaban J connectivity index is 0.00000121. The zero-order valence-electron chi connectivity index (χ0n) is 26.3. The number of amides is 1. The number of carbonyl (C=O) groups is 1. The first-order valence-electron chi connectivity index (χ1n) is 15.3. The molecule has 2 aromatic carbocycles. The lowest BCUT2D eigenvalue weighted by molar-refractivity contribution is -0.117. The molecule has 1 amide bonds. The standard InChI is InChI=1S/C30H31F4N3O2.2C2H6/c1-16-21(26(32)28(34)27(33)25(16)31)15-24(38)37(2)30-23(13-17-7-5-4-6-8-17)35-29-20-11-10-19(39-3)14-18(20)9-12-22(29)36-30;2*1-2/h10-11,14,17H,4-9,12-13,15H2,1-3H3;2*1-2H3. The summed E-state index contributed by atoms with van der Waals surface area (Å²) in [5.74, 6) is -5.96. The molecule has 1 fully saturated rings.